The highest BCUT2D eigenvalue weighted by Gasteiger charge is 2.30. The highest BCUT2D eigenvalue weighted by Crippen LogP contribution is 2.27. The average Bonchev–Trinajstić information content (AvgIpc) is 1.87. The van der Waals surface area contributed by atoms with Gasteiger partial charge in [-0.25, -0.2) is 0 Å². The molecular formula is C67H83N15O13. The summed E-state index contributed by atoms with van der Waals surface area (Å²) in [5, 5.41) is 42.9. The molecule has 0 radical (unpaired) electrons. The molecule has 0 spiro atoms. The van der Waals surface area contributed by atoms with Crippen LogP contribution in [0.5, 0.6) is 23.0 Å². The summed E-state index contributed by atoms with van der Waals surface area (Å²) in [6, 6.07) is 21.1. The van der Waals surface area contributed by atoms with E-state index in [1.54, 1.807) is 36.5 Å². The topological polar surface area (TPSA) is 466 Å². The van der Waals surface area contributed by atoms with E-state index >= 15 is 0 Å². The monoisotopic (exact) mass is 1310 g/mol. The summed E-state index contributed by atoms with van der Waals surface area (Å²) in [6.07, 6.45) is 1.98. The first-order chi connectivity index (χ1) is 45.4. The number of nitrogens with one attached hydrogen (secondary N) is 11. The number of ether oxygens (including phenoxy) is 4. The zero-order chi connectivity index (χ0) is 69.3. The molecule has 0 fully saturated rings. The van der Waals surface area contributed by atoms with Crippen molar-refractivity contribution in [3.8, 4) is 23.0 Å². The van der Waals surface area contributed by atoms with Gasteiger partial charge in [-0.2, -0.15) is 0 Å². The summed E-state index contributed by atoms with van der Waals surface area (Å²) >= 11 is 0. The number of nitrogens with two attached hydrogens (primary N) is 4. The van der Waals surface area contributed by atoms with Gasteiger partial charge in [0.1, 0.15) is 34.8 Å². The normalized spacial score (nSPS) is 12.1. The molecule has 6 rings (SSSR count). The number of aromatic nitrogens is 1. The molecule has 5 aromatic carbocycles. The van der Waals surface area contributed by atoms with Crippen molar-refractivity contribution >= 4 is 81.5 Å². The van der Waals surface area contributed by atoms with Crippen molar-refractivity contribution in [2.24, 2.45) is 22.9 Å². The first-order valence-electron chi connectivity index (χ1n) is 30.5. The zero-order valence-electron chi connectivity index (χ0n) is 53.6. The van der Waals surface area contributed by atoms with Crippen molar-refractivity contribution in [3.63, 3.8) is 0 Å². The van der Waals surface area contributed by atoms with Gasteiger partial charge in [-0.3, -0.25) is 59.4 Å². The summed E-state index contributed by atoms with van der Waals surface area (Å²) in [7, 11) is 5.42. The Bertz CT molecular complexity index is 3830. The molecule has 28 nitrogen and oxygen atoms in total. The number of primary amides is 1. The second-order valence-corrected chi connectivity index (χ2v) is 22.5. The number of hydrogen-bond acceptors (Lipinski definition) is 16. The molecule has 0 saturated carbocycles. The Kier molecular flexibility index (Phi) is 27.2. The van der Waals surface area contributed by atoms with Crippen molar-refractivity contribution < 1.29 is 62.1 Å². The van der Waals surface area contributed by atoms with Crippen molar-refractivity contribution in [2.45, 2.75) is 102 Å². The molecule has 504 valence electrons. The Morgan fingerprint density at radius 1 is 0.442 bits per heavy atom. The third kappa shape index (κ3) is 21.6. The SMILES string of the molecule is COc1ccc(CC(=O)[C@H](CCCNC(=N)N)NC(=O)c2cc(CC(=O)[C@H](CCCNC(=N)N)NC(=O)c3cc(CC(=O)[C@H](CCCNC(=N)N)NC(=O)c4cc(CC(C)=O)ccc4OC)ccc3OC)ccc2OC)cc1C(=O)N[C@@H](Cc1c[nH]c2ccccc12)C(N)=O. The third-order valence-electron chi connectivity index (χ3n) is 15.4. The number of ketones is 4. The molecule has 4 atom stereocenters. The quantitative estimate of drug-likeness (QED) is 0.0150. The minimum Gasteiger partial charge on any atom is -0.496 e. The maximum absolute atomic E-state index is 14.5. The van der Waals surface area contributed by atoms with Gasteiger partial charge in [-0.15, -0.1) is 0 Å². The zero-order valence-corrected chi connectivity index (χ0v) is 53.6. The van der Waals surface area contributed by atoms with Crippen LogP contribution in [0, 0.1) is 16.2 Å². The van der Waals surface area contributed by atoms with Crippen LogP contribution >= 0.6 is 0 Å². The highest BCUT2D eigenvalue weighted by atomic mass is 16.5. The maximum atomic E-state index is 14.5. The van der Waals surface area contributed by atoms with E-state index in [4.69, 9.17) is 58.1 Å². The molecule has 0 saturated heterocycles. The van der Waals surface area contributed by atoms with Crippen LogP contribution in [0.15, 0.2) is 103 Å². The molecule has 5 amide bonds. The molecule has 95 heavy (non-hydrogen) atoms. The number of benzene rings is 5. The summed E-state index contributed by atoms with van der Waals surface area (Å²) < 4.78 is 22.1. The van der Waals surface area contributed by atoms with E-state index in [2.05, 4.69) is 42.2 Å². The largest absolute Gasteiger partial charge is 0.496 e. The van der Waals surface area contributed by atoms with E-state index < -0.39 is 71.1 Å². The van der Waals surface area contributed by atoms with Crippen LogP contribution in [0.3, 0.4) is 0 Å². The van der Waals surface area contributed by atoms with Crippen LogP contribution in [0.1, 0.15) is 115 Å². The number of methoxy groups -OCH3 is 4. The van der Waals surface area contributed by atoms with Gasteiger partial charge in [0.2, 0.25) is 5.91 Å². The van der Waals surface area contributed by atoms with Gasteiger partial charge in [-0.05, 0) is 128 Å². The molecule has 19 N–H and O–H groups in total. The summed E-state index contributed by atoms with van der Waals surface area (Å²) in [5.74, 6) is -5.51. The van der Waals surface area contributed by atoms with Crippen LogP contribution in [0.4, 0.5) is 0 Å². The standard InChI is InChI=1S/C67H83N15O13/c1-37(83)27-38-16-20-56(92-2)44(28-38)61(88)79-49(13-8-24-75-65(69)70)53(84)32-39-17-21-57(93-3)45(29-39)62(89)80-50(14-9-25-76-66(71)72)54(85)33-40-18-22-58(94-4)46(30-40)63(90)81-51(15-10-26-77-67(73)74)55(86)34-41-19-23-59(95-5)47(31-41)64(91)82-52(60(68)87)35-42-36-78-48-12-7-6-11-43(42)48/h6-7,11-12,16-23,28-31,36,49-52,78H,8-10,13-15,24-27,32-35H2,1-5H3,(H2,68,87)(H,79,88)(H,80,89)(H,81,90)(H,82,91)(H4,69,70,75)(H4,71,72,76)(H4,73,74,77)/t49-,50-,51-,52-/m0/s1. The van der Waals surface area contributed by atoms with E-state index in [0.717, 1.165) is 16.5 Å². The van der Waals surface area contributed by atoms with E-state index in [1.165, 1.54) is 77.8 Å². The molecule has 0 aliphatic rings. The summed E-state index contributed by atoms with van der Waals surface area (Å²) in [6.45, 7) is 1.96. The molecule has 1 heterocycles. The van der Waals surface area contributed by atoms with Crippen LogP contribution in [0.25, 0.3) is 10.9 Å². The third-order valence-corrected chi connectivity index (χ3v) is 15.4. The number of aromatic amines is 1. The van der Waals surface area contributed by atoms with E-state index in [9.17, 15) is 43.2 Å². The smallest absolute Gasteiger partial charge is 0.255 e. The first kappa shape index (κ1) is 72.7. The van der Waals surface area contributed by atoms with Gasteiger partial charge in [0.25, 0.3) is 23.6 Å². The first-order valence-corrected chi connectivity index (χ1v) is 30.5. The van der Waals surface area contributed by atoms with Gasteiger partial charge in [0.15, 0.2) is 35.2 Å². The van der Waals surface area contributed by atoms with Gasteiger partial charge >= 0.3 is 0 Å². The average molecular weight is 1310 g/mol. The fraction of sp³-hybridized carbons (Fsp3) is 0.343. The van der Waals surface area contributed by atoms with E-state index in [1.807, 2.05) is 24.3 Å². The Balaban J connectivity index is 1.21. The van der Waals surface area contributed by atoms with Crippen molar-refractivity contribution in [3.05, 3.63) is 153 Å². The number of Topliss-reactive ketones (excluding diaryl/α,β-unsaturated/α-hetero) is 4. The Hall–Kier alpha value is -11.3. The Labute approximate surface area is 548 Å². The number of hydrogen-bond donors (Lipinski definition) is 15. The Morgan fingerprint density at radius 2 is 0.758 bits per heavy atom. The molecule has 28 heteroatoms. The fourth-order valence-corrected chi connectivity index (χ4v) is 10.6. The molecule has 0 unspecified atom stereocenters. The lowest BCUT2D eigenvalue weighted by Gasteiger charge is -2.21. The molecule has 0 aliphatic heterocycles. The number of para-hydroxylation sites is 1. The number of fused-ring (bicyclic) bond motifs is 1. The van der Waals surface area contributed by atoms with Gasteiger partial charge in [0, 0.05) is 68.8 Å². The van der Waals surface area contributed by atoms with Crippen molar-refractivity contribution in [1.29, 1.82) is 16.2 Å². The van der Waals surface area contributed by atoms with Crippen molar-refractivity contribution in [1.82, 2.24) is 42.2 Å². The molecular weight excluding hydrogens is 1220 g/mol. The lowest BCUT2D eigenvalue weighted by Crippen LogP contribution is -2.46. The number of carbonyl (C=O) groups excluding carboxylic acids is 9. The molecule has 0 aliphatic carbocycles. The minimum absolute atomic E-state index is 0.00888. The molecule has 1 aromatic heterocycles. The van der Waals surface area contributed by atoms with Gasteiger partial charge in [-0.1, -0.05) is 42.5 Å². The summed E-state index contributed by atoms with van der Waals surface area (Å²) in [5.41, 5.74) is 25.6. The van der Waals surface area contributed by atoms with Gasteiger partial charge in [0.05, 0.1) is 68.8 Å². The lowest BCUT2D eigenvalue weighted by molar-refractivity contribution is -0.121. The maximum Gasteiger partial charge on any atom is 0.255 e. The van der Waals surface area contributed by atoms with Crippen LogP contribution in [-0.2, 0) is 56.1 Å². The fourth-order valence-electron chi connectivity index (χ4n) is 10.6. The number of carbonyl (C=O) groups is 9. The number of amides is 5. The van der Waals surface area contributed by atoms with Crippen LogP contribution in [0.2, 0.25) is 0 Å². The number of guanidine groups is 3. The van der Waals surface area contributed by atoms with Gasteiger partial charge < -0.3 is 84.1 Å². The second-order valence-electron chi connectivity index (χ2n) is 22.5. The summed E-state index contributed by atoms with van der Waals surface area (Å²) in [4.78, 5) is 128. The number of rotatable bonds is 38. The second kappa shape index (κ2) is 35.5. The lowest BCUT2D eigenvalue weighted by atomic mass is 9.96. The highest BCUT2D eigenvalue weighted by molar-refractivity contribution is 6.04. The van der Waals surface area contributed by atoms with Crippen LogP contribution in [-0.4, -0.2) is 148 Å². The predicted octanol–water partition coefficient (Wildman–Crippen LogP) is 2.68. The number of H-pyrrole nitrogens is 1. The van der Waals surface area contributed by atoms with Crippen molar-refractivity contribution in [2.75, 3.05) is 48.1 Å². The van der Waals surface area contributed by atoms with E-state index in [-0.39, 0.29) is 153 Å². The van der Waals surface area contributed by atoms with E-state index in [0.29, 0.717) is 28.7 Å². The minimum atomic E-state index is -1.19. The predicted molar refractivity (Wildman–Crippen MR) is 356 cm³/mol. The Morgan fingerprint density at radius 3 is 1.06 bits per heavy atom. The molecule has 0 bridgehead atoms. The van der Waals surface area contributed by atoms with Crippen LogP contribution < -0.4 is 79.1 Å². The molecule has 6 aromatic rings.